The molecule has 1 atom stereocenters. The third-order valence-corrected chi connectivity index (χ3v) is 2.85. The number of amides is 1. The Hall–Kier alpha value is -2.37. The maximum Gasteiger partial charge on any atom is 0.269 e. The Kier molecular flexibility index (Phi) is 3.79. The Bertz CT molecular complexity index is 522. The lowest BCUT2D eigenvalue weighted by Gasteiger charge is -2.24. The molecule has 0 bridgehead atoms. The Morgan fingerprint density at radius 2 is 2.11 bits per heavy atom. The number of rotatable bonds is 4. The number of nitrogens with one attached hydrogen (secondary N) is 1. The van der Waals surface area contributed by atoms with Gasteiger partial charge < -0.3 is 10.1 Å². The van der Waals surface area contributed by atoms with Crippen LogP contribution in [0.15, 0.2) is 36.1 Å². The lowest BCUT2D eigenvalue weighted by Crippen LogP contribution is -2.31. The van der Waals surface area contributed by atoms with E-state index in [1.165, 1.54) is 18.2 Å². The number of hydrogen-bond donors (Lipinski definition) is 1. The van der Waals surface area contributed by atoms with E-state index in [0.717, 1.165) is 5.56 Å². The molecule has 0 saturated carbocycles. The second-order valence-electron chi connectivity index (χ2n) is 4.16. The molecule has 1 heterocycles. The molecule has 1 aromatic rings. The van der Waals surface area contributed by atoms with E-state index in [2.05, 4.69) is 5.32 Å². The molecular weight excluding hydrogens is 248 g/mol. The quantitative estimate of drug-likeness (QED) is 0.665. The van der Waals surface area contributed by atoms with Gasteiger partial charge in [-0.3, -0.25) is 14.9 Å². The molecule has 0 saturated heterocycles. The second-order valence-corrected chi connectivity index (χ2v) is 4.16. The topological polar surface area (TPSA) is 81.5 Å². The first-order valence-corrected chi connectivity index (χ1v) is 5.98. The molecule has 1 aromatic carbocycles. The predicted octanol–water partition coefficient (Wildman–Crippen LogP) is 2.08. The van der Waals surface area contributed by atoms with Crippen molar-refractivity contribution in [3.63, 3.8) is 0 Å². The monoisotopic (exact) mass is 262 g/mol. The van der Waals surface area contributed by atoms with E-state index in [0.29, 0.717) is 18.8 Å². The number of hydrogen-bond acceptors (Lipinski definition) is 4. The number of nitro groups is 1. The normalized spacial score (nSPS) is 18.5. The van der Waals surface area contributed by atoms with E-state index in [1.807, 2.05) is 6.92 Å². The molecule has 6 heteroatoms. The smallest absolute Gasteiger partial charge is 0.269 e. The van der Waals surface area contributed by atoms with Gasteiger partial charge in [-0.15, -0.1) is 0 Å². The molecule has 0 radical (unpaired) electrons. The number of carbonyl (C=O) groups excluding carboxylic acids is 1. The summed E-state index contributed by atoms with van der Waals surface area (Å²) >= 11 is 0. The zero-order chi connectivity index (χ0) is 13.8. The van der Waals surface area contributed by atoms with Crippen LogP contribution in [0, 0.1) is 10.1 Å². The minimum absolute atomic E-state index is 0.0338. The number of carbonyl (C=O) groups is 1. The zero-order valence-corrected chi connectivity index (χ0v) is 10.5. The van der Waals surface area contributed by atoms with Crippen LogP contribution in [0.1, 0.15) is 24.9 Å². The highest BCUT2D eigenvalue weighted by Gasteiger charge is 2.22. The predicted molar refractivity (Wildman–Crippen MR) is 68.3 cm³/mol. The van der Waals surface area contributed by atoms with E-state index < -0.39 is 4.92 Å². The summed E-state index contributed by atoms with van der Waals surface area (Å²) < 4.78 is 5.36. The Morgan fingerprint density at radius 3 is 2.68 bits per heavy atom. The van der Waals surface area contributed by atoms with Crippen molar-refractivity contribution in [2.24, 2.45) is 0 Å². The van der Waals surface area contributed by atoms with Crippen LogP contribution in [0.5, 0.6) is 0 Å². The van der Waals surface area contributed by atoms with Crippen molar-refractivity contribution >= 4 is 11.6 Å². The molecule has 0 spiro atoms. The van der Waals surface area contributed by atoms with E-state index in [9.17, 15) is 14.9 Å². The molecule has 19 heavy (non-hydrogen) atoms. The van der Waals surface area contributed by atoms with Gasteiger partial charge in [0.1, 0.15) is 5.76 Å². The van der Waals surface area contributed by atoms with Crippen molar-refractivity contribution in [3.8, 4) is 0 Å². The highest BCUT2D eigenvalue weighted by Crippen LogP contribution is 2.26. The van der Waals surface area contributed by atoms with Gasteiger partial charge in [0.25, 0.3) is 5.69 Å². The average molecular weight is 262 g/mol. The molecule has 1 amide bonds. The van der Waals surface area contributed by atoms with Crippen LogP contribution in [0.2, 0.25) is 0 Å². The van der Waals surface area contributed by atoms with E-state index in [-0.39, 0.29) is 17.6 Å². The molecule has 1 aliphatic rings. The van der Waals surface area contributed by atoms with E-state index in [1.54, 1.807) is 12.1 Å². The van der Waals surface area contributed by atoms with Crippen LogP contribution < -0.4 is 5.32 Å². The molecule has 1 unspecified atom stereocenters. The first-order valence-electron chi connectivity index (χ1n) is 5.98. The van der Waals surface area contributed by atoms with Crippen molar-refractivity contribution < 1.29 is 14.5 Å². The molecule has 100 valence electrons. The molecule has 0 aromatic heterocycles. The molecule has 0 fully saturated rings. The highest BCUT2D eigenvalue weighted by atomic mass is 16.6. The van der Waals surface area contributed by atoms with Crippen molar-refractivity contribution in [2.45, 2.75) is 19.4 Å². The van der Waals surface area contributed by atoms with Gasteiger partial charge in [-0.25, -0.2) is 0 Å². The number of nitrogens with zero attached hydrogens (tertiary/aromatic N) is 1. The summed E-state index contributed by atoms with van der Waals surface area (Å²) in [6.07, 6.45) is 1.99. The van der Waals surface area contributed by atoms with Gasteiger partial charge in [0.2, 0.25) is 5.91 Å². The van der Waals surface area contributed by atoms with Gasteiger partial charge in [-0.05, 0) is 12.5 Å². The fraction of sp³-hybridized carbons (Fsp3) is 0.308. The van der Waals surface area contributed by atoms with E-state index in [4.69, 9.17) is 4.74 Å². The zero-order valence-electron chi connectivity index (χ0n) is 10.5. The van der Waals surface area contributed by atoms with Gasteiger partial charge in [-0.2, -0.15) is 0 Å². The summed E-state index contributed by atoms with van der Waals surface area (Å²) in [5, 5.41) is 13.4. The minimum atomic E-state index is -0.450. The highest BCUT2D eigenvalue weighted by molar-refractivity contribution is 5.89. The maximum absolute atomic E-state index is 11.5. The summed E-state index contributed by atoms with van der Waals surface area (Å²) in [7, 11) is 0. The minimum Gasteiger partial charge on any atom is -0.498 e. The van der Waals surface area contributed by atoms with Crippen molar-refractivity contribution in [3.05, 3.63) is 51.8 Å². The van der Waals surface area contributed by atoms with Gasteiger partial charge in [-0.1, -0.05) is 12.1 Å². The Morgan fingerprint density at radius 1 is 1.42 bits per heavy atom. The SMILES string of the molecule is CCOC1=CC(=O)NC(c2ccc([N+](=O)[O-])cc2)C1. The number of non-ortho nitro benzene ring substituents is 1. The summed E-state index contributed by atoms with van der Waals surface area (Å²) in [5.41, 5.74) is 0.857. The third-order valence-electron chi connectivity index (χ3n) is 2.85. The van der Waals surface area contributed by atoms with Crippen LogP contribution in [0.4, 0.5) is 5.69 Å². The summed E-state index contributed by atoms with van der Waals surface area (Å²) in [6, 6.07) is 5.95. The largest absolute Gasteiger partial charge is 0.498 e. The fourth-order valence-electron chi connectivity index (χ4n) is 1.99. The van der Waals surface area contributed by atoms with Gasteiger partial charge in [0, 0.05) is 24.6 Å². The molecule has 1 aliphatic heterocycles. The van der Waals surface area contributed by atoms with Crippen molar-refractivity contribution in [1.82, 2.24) is 5.32 Å². The van der Waals surface area contributed by atoms with Crippen LogP contribution in [0.25, 0.3) is 0 Å². The Labute approximate surface area is 110 Å². The second kappa shape index (κ2) is 5.51. The van der Waals surface area contributed by atoms with Gasteiger partial charge in [0.05, 0.1) is 17.6 Å². The maximum atomic E-state index is 11.5. The number of ether oxygens (including phenoxy) is 1. The average Bonchev–Trinajstić information content (AvgIpc) is 2.38. The summed E-state index contributed by atoms with van der Waals surface area (Å²) in [4.78, 5) is 21.7. The van der Waals surface area contributed by atoms with Crippen LogP contribution >= 0.6 is 0 Å². The van der Waals surface area contributed by atoms with E-state index >= 15 is 0 Å². The lowest BCUT2D eigenvalue weighted by atomic mass is 9.99. The standard InChI is InChI=1S/C13H14N2O4/c1-2-19-11-7-12(14-13(16)8-11)9-3-5-10(6-4-9)15(17)18/h3-6,8,12H,2,7H2,1H3,(H,14,16). The van der Waals surface area contributed by atoms with Crippen molar-refractivity contribution in [2.75, 3.05) is 6.61 Å². The molecule has 2 rings (SSSR count). The molecule has 1 N–H and O–H groups in total. The first kappa shape index (κ1) is 13.1. The van der Waals surface area contributed by atoms with Crippen LogP contribution in [-0.4, -0.2) is 17.4 Å². The summed E-state index contributed by atoms with van der Waals surface area (Å²) in [6.45, 7) is 2.36. The van der Waals surface area contributed by atoms with Crippen LogP contribution in [-0.2, 0) is 9.53 Å². The molecule has 0 aliphatic carbocycles. The molecular formula is C13H14N2O4. The lowest BCUT2D eigenvalue weighted by molar-refractivity contribution is -0.384. The third kappa shape index (κ3) is 3.09. The van der Waals surface area contributed by atoms with Crippen LogP contribution in [0.3, 0.4) is 0 Å². The van der Waals surface area contributed by atoms with Gasteiger partial charge >= 0.3 is 0 Å². The molecule has 6 nitrogen and oxygen atoms in total. The number of benzene rings is 1. The van der Waals surface area contributed by atoms with Crippen molar-refractivity contribution in [1.29, 1.82) is 0 Å². The number of nitro benzene ring substituents is 1. The van der Waals surface area contributed by atoms with Gasteiger partial charge in [0.15, 0.2) is 0 Å². The fourth-order valence-corrected chi connectivity index (χ4v) is 1.99. The summed E-state index contributed by atoms with van der Waals surface area (Å²) in [5.74, 6) is 0.424. The first-order chi connectivity index (χ1) is 9.10. The Balaban J connectivity index is 2.16.